The Morgan fingerprint density at radius 3 is 2.58 bits per heavy atom. The van der Waals surface area contributed by atoms with Gasteiger partial charge in [-0.25, -0.2) is 14.6 Å². The molecule has 14 nitrogen and oxygen atoms in total. The number of anilines is 2. The molecular formula is C28H29F3N10O4. The van der Waals surface area contributed by atoms with Crippen LogP contribution in [0.25, 0.3) is 11.1 Å². The Labute approximate surface area is 255 Å². The van der Waals surface area contributed by atoms with E-state index >= 15 is 0 Å². The summed E-state index contributed by atoms with van der Waals surface area (Å²) in [6.45, 7) is 1.82. The van der Waals surface area contributed by atoms with Crippen molar-refractivity contribution in [2.45, 2.75) is 63.3 Å². The third-order valence-corrected chi connectivity index (χ3v) is 7.47. The highest BCUT2D eigenvalue weighted by Gasteiger charge is 2.41. The lowest BCUT2D eigenvalue weighted by Crippen LogP contribution is -2.35. The van der Waals surface area contributed by atoms with Crippen LogP contribution in [0.15, 0.2) is 43.1 Å². The lowest BCUT2D eigenvalue weighted by atomic mass is 9.90. The molecule has 1 aromatic carbocycles. The third kappa shape index (κ3) is 7.29. The topological polar surface area (TPSA) is 160 Å². The smallest absolute Gasteiger partial charge is 0.422 e. The normalized spacial score (nSPS) is 17.2. The number of nitriles is 1. The Bertz CT molecular complexity index is 1620. The van der Waals surface area contributed by atoms with Gasteiger partial charge in [0.2, 0.25) is 5.95 Å². The van der Waals surface area contributed by atoms with Gasteiger partial charge in [-0.1, -0.05) is 6.07 Å². The van der Waals surface area contributed by atoms with E-state index in [9.17, 15) is 18.4 Å². The molecule has 2 aliphatic rings. The van der Waals surface area contributed by atoms with Crippen molar-refractivity contribution in [3.8, 4) is 28.8 Å². The Balaban J connectivity index is 1.17. The minimum absolute atomic E-state index is 0.0705. The van der Waals surface area contributed by atoms with Crippen LogP contribution < -0.4 is 14.8 Å². The molecule has 4 heterocycles. The Morgan fingerprint density at radius 2 is 1.91 bits per heavy atom. The molecule has 1 N–H and O–H groups in total. The number of alkyl halides is 3. The summed E-state index contributed by atoms with van der Waals surface area (Å²) in [6.07, 6.45) is 3.96. The molecule has 4 aromatic rings. The second-order valence-electron chi connectivity index (χ2n) is 10.8. The second-order valence-corrected chi connectivity index (χ2v) is 10.8. The molecule has 1 saturated heterocycles. The van der Waals surface area contributed by atoms with Crippen LogP contribution in [0, 0.1) is 11.3 Å². The molecule has 1 spiro atoms. The van der Waals surface area contributed by atoms with E-state index in [0.29, 0.717) is 67.9 Å². The summed E-state index contributed by atoms with van der Waals surface area (Å²) in [5, 5.41) is 27.9. The summed E-state index contributed by atoms with van der Waals surface area (Å²) < 4.78 is 64.8. The van der Waals surface area contributed by atoms with E-state index in [1.165, 1.54) is 11.0 Å². The van der Waals surface area contributed by atoms with Crippen molar-refractivity contribution in [2.75, 3.05) is 25.1 Å². The van der Waals surface area contributed by atoms with Crippen molar-refractivity contribution >= 4 is 11.6 Å². The fraction of sp³-hybridized carbons (Fsp3) is 0.464. The number of nitrogens with zero attached hydrogens (tertiary/aromatic N) is 9. The number of ether oxygens (including phenoxy) is 4. The Kier molecular flexibility index (Phi) is 8.50. The van der Waals surface area contributed by atoms with E-state index in [1.54, 1.807) is 41.5 Å². The Hall–Kier alpha value is -4.82. The molecule has 236 valence electrons. The lowest BCUT2D eigenvalue weighted by Gasteiger charge is -2.35. The molecule has 1 atom stereocenters. The first-order valence-electron chi connectivity index (χ1n) is 14.3. The molecule has 2 fully saturated rings. The van der Waals surface area contributed by atoms with Crippen LogP contribution in [0.1, 0.15) is 44.2 Å². The summed E-state index contributed by atoms with van der Waals surface area (Å²) in [6, 6.07) is 7.14. The predicted octanol–water partition coefficient (Wildman–Crippen LogP) is 4.21. The van der Waals surface area contributed by atoms with Crippen molar-refractivity contribution in [1.82, 2.24) is 40.0 Å². The van der Waals surface area contributed by atoms with Gasteiger partial charge in [0.05, 0.1) is 37.6 Å². The van der Waals surface area contributed by atoms with Crippen LogP contribution in [-0.4, -0.2) is 77.8 Å². The van der Waals surface area contributed by atoms with Crippen molar-refractivity contribution in [1.29, 1.82) is 5.26 Å². The van der Waals surface area contributed by atoms with Crippen molar-refractivity contribution in [3.63, 3.8) is 0 Å². The molecule has 1 aliphatic heterocycles. The van der Waals surface area contributed by atoms with Gasteiger partial charge in [-0.05, 0) is 47.9 Å². The monoisotopic (exact) mass is 626 g/mol. The van der Waals surface area contributed by atoms with Crippen molar-refractivity contribution < 1.29 is 32.1 Å². The van der Waals surface area contributed by atoms with Gasteiger partial charge in [0.1, 0.15) is 29.9 Å². The SMILES string of the molecule is C[C@@H](Cn1cnnn1)Oc1cc(-c2cnc(Nc3cn(C4CCC5(CC4)OCCO5)nc3OCC(F)(F)F)nc2)ccc1C#N. The number of benzene rings is 1. The first-order valence-corrected chi connectivity index (χ1v) is 14.3. The van der Waals surface area contributed by atoms with Crippen LogP contribution in [0.2, 0.25) is 0 Å². The van der Waals surface area contributed by atoms with Crippen molar-refractivity contribution in [3.05, 3.63) is 48.7 Å². The second kappa shape index (κ2) is 12.7. The average Bonchev–Trinajstić information content (AvgIpc) is 3.79. The minimum atomic E-state index is -4.54. The van der Waals surface area contributed by atoms with Crippen LogP contribution in [0.5, 0.6) is 11.6 Å². The van der Waals surface area contributed by atoms with Crippen LogP contribution in [-0.2, 0) is 16.0 Å². The van der Waals surface area contributed by atoms with E-state index in [1.807, 2.05) is 6.92 Å². The van der Waals surface area contributed by atoms with Crippen LogP contribution >= 0.6 is 0 Å². The van der Waals surface area contributed by atoms with Gasteiger partial charge in [-0.15, -0.1) is 10.2 Å². The number of aromatic nitrogens is 8. The van der Waals surface area contributed by atoms with Gasteiger partial charge in [-0.3, -0.25) is 4.68 Å². The van der Waals surface area contributed by atoms with E-state index < -0.39 is 18.6 Å². The number of tetrazole rings is 1. The molecule has 0 unspecified atom stereocenters. The number of halogens is 3. The molecule has 3 aromatic heterocycles. The van der Waals surface area contributed by atoms with E-state index in [2.05, 4.69) is 42.0 Å². The summed E-state index contributed by atoms with van der Waals surface area (Å²) in [4.78, 5) is 8.70. The van der Waals surface area contributed by atoms with Crippen LogP contribution in [0.3, 0.4) is 0 Å². The molecular weight excluding hydrogens is 597 g/mol. The highest BCUT2D eigenvalue weighted by molar-refractivity contribution is 5.67. The van der Waals surface area contributed by atoms with Gasteiger partial charge in [-0.2, -0.15) is 18.4 Å². The largest absolute Gasteiger partial charge is 0.487 e. The highest BCUT2D eigenvalue weighted by Crippen LogP contribution is 2.41. The summed E-state index contributed by atoms with van der Waals surface area (Å²) in [5.74, 6) is -0.286. The molecule has 6 rings (SSSR count). The third-order valence-electron chi connectivity index (χ3n) is 7.47. The molecule has 1 aliphatic carbocycles. The zero-order valence-corrected chi connectivity index (χ0v) is 24.1. The molecule has 17 heteroatoms. The van der Waals surface area contributed by atoms with Gasteiger partial charge in [0, 0.05) is 30.8 Å². The maximum absolute atomic E-state index is 13.0. The van der Waals surface area contributed by atoms with E-state index in [0.717, 1.165) is 0 Å². The van der Waals surface area contributed by atoms with Crippen LogP contribution in [0.4, 0.5) is 24.8 Å². The first kappa shape index (κ1) is 30.2. The fourth-order valence-corrected chi connectivity index (χ4v) is 5.33. The fourth-order valence-electron chi connectivity index (χ4n) is 5.33. The maximum Gasteiger partial charge on any atom is 0.422 e. The molecule has 0 radical (unpaired) electrons. The Morgan fingerprint density at radius 1 is 1.16 bits per heavy atom. The maximum atomic E-state index is 13.0. The van der Waals surface area contributed by atoms with Gasteiger partial charge >= 0.3 is 6.18 Å². The predicted molar refractivity (Wildman–Crippen MR) is 149 cm³/mol. The molecule has 0 amide bonds. The number of rotatable bonds is 10. The molecule has 1 saturated carbocycles. The standard InChI is InChI=1S/C28H29F3N10O4/c1-18(14-40-17-35-38-39-40)45-24-10-19(2-3-20(24)11-32)21-12-33-26(34-13-21)36-23-15-41(37-25(23)42-16-28(29,30)31)22-4-6-27(7-5-22)43-8-9-44-27/h2-3,10,12-13,15,17-18,22H,4-9,14,16H2,1H3,(H,33,34,36)/t18-/m0/s1. The minimum Gasteiger partial charge on any atom is -0.487 e. The van der Waals surface area contributed by atoms with Gasteiger partial charge in [0.15, 0.2) is 12.4 Å². The van der Waals surface area contributed by atoms with E-state index in [4.69, 9.17) is 18.9 Å². The number of hydrogen-bond donors (Lipinski definition) is 1. The lowest BCUT2D eigenvalue weighted by molar-refractivity contribution is -0.181. The summed E-state index contributed by atoms with van der Waals surface area (Å²) in [7, 11) is 0. The quantitative estimate of drug-likeness (QED) is 0.268. The molecule has 0 bridgehead atoms. The number of nitrogens with one attached hydrogen (secondary N) is 1. The van der Waals surface area contributed by atoms with Crippen molar-refractivity contribution in [2.24, 2.45) is 0 Å². The van der Waals surface area contributed by atoms with Gasteiger partial charge < -0.3 is 24.3 Å². The summed E-state index contributed by atoms with van der Waals surface area (Å²) in [5.41, 5.74) is 1.87. The zero-order chi connectivity index (χ0) is 31.4. The zero-order valence-electron chi connectivity index (χ0n) is 24.1. The molecule has 45 heavy (non-hydrogen) atoms. The summed E-state index contributed by atoms with van der Waals surface area (Å²) >= 11 is 0. The van der Waals surface area contributed by atoms with Gasteiger partial charge in [0.25, 0.3) is 5.88 Å². The first-order chi connectivity index (χ1) is 21.7. The number of hydrogen-bond acceptors (Lipinski definition) is 12. The average molecular weight is 627 g/mol. The van der Waals surface area contributed by atoms with E-state index in [-0.39, 0.29) is 29.7 Å². The highest BCUT2D eigenvalue weighted by atomic mass is 19.4.